The molecule has 4 nitrogen and oxygen atoms in total. The molecule has 0 spiro atoms. The molecule has 3 N–H and O–H groups in total. The van der Waals surface area contributed by atoms with Gasteiger partial charge in [0.2, 0.25) is 5.91 Å². The highest BCUT2D eigenvalue weighted by Crippen LogP contribution is 2.44. The van der Waals surface area contributed by atoms with E-state index in [-0.39, 0.29) is 29.3 Å². The predicted molar refractivity (Wildman–Crippen MR) is 84.8 cm³/mol. The first kappa shape index (κ1) is 17.6. The number of carbonyl (C=O) groups excluding carboxylic acids is 1. The van der Waals surface area contributed by atoms with E-state index >= 15 is 0 Å². The summed E-state index contributed by atoms with van der Waals surface area (Å²) in [5, 5.41) is 3.08. The quantitative estimate of drug-likeness (QED) is 0.811. The average molecular weight is 302 g/mol. The van der Waals surface area contributed by atoms with Gasteiger partial charge in [-0.15, -0.1) is 0 Å². The van der Waals surface area contributed by atoms with Gasteiger partial charge in [-0.2, -0.15) is 0 Å². The van der Waals surface area contributed by atoms with Crippen molar-refractivity contribution >= 4 is 16.7 Å². The molecular formula is C15H30N2O2S. The zero-order chi connectivity index (χ0) is 15.5. The number of nitrogens with two attached hydrogens (primary N) is 1. The van der Waals surface area contributed by atoms with Crippen LogP contribution in [0.2, 0.25) is 0 Å². The van der Waals surface area contributed by atoms with Crippen LogP contribution in [-0.2, 0) is 15.6 Å². The monoisotopic (exact) mass is 302 g/mol. The molecule has 1 rings (SSSR count). The van der Waals surface area contributed by atoms with Gasteiger partial charge in [0.25, 0.3) is 0 Å². The van der Waals surface area contributed by atoms with E-state index in [1.165, 1.54) is 0 Å². The van der Waals surface area contributed by atoms with Crippen LogP contribution >= 0.6 is 0 Å². The van der Waals surface area contributed by atoms with Crippen molar-refractivity contribution in [2.45, 2.75) is 59.0 Å². The van der Waals surface area contributed by atoms with Crippen molar-refractivity contribution in [3.63, 3.8) is 0 Å². The molecule has 0 aromatic heterocycles. The summed E-state index contributed by atoms with van der Waals surface area (Å²) in [6, 6.07) is 0.266. The lowest BCUT2D eigenvalue weighted by Gasteiger charge is -2.46. The second kappa shape index (κ2) is 7.03. The first-order valence-corrected chi connectivity index (χ1v) is 9.25. The molecule has 0 aromatic rings. The van der Waals surface area contributed by atoms with E-state index < -0.39 is 10.8 Å². The van der Waals surface area contributed by atoms with Gasteiger partial charge in [0.15, 0.2) is 0 Å². The maximum absolute atomic E-state index is 12.5. The number of nitrogens with one attached hydrogen (secondary N) is 1. The Balaban J connectivity index is 2.60. The predicted octanol–water partition coefficient (Wildman–Crippen LogP) is 1.66. The zero-order valence-corrected chi connectivity index (χ0v) is 14.3. The molecule has 5 heteroatoms. The van der Waals surface area contributed by atoms with Crippen molar-refractivity contribution in [3.05, 3.63) is 0 Å². The topological polar surface area (TPSA) is 72.2 Å². The standard InChI is InChI=1S/C15H30N2O2S/c1-10(8-9-20(5)19)17-14(18)12-6-7-13(16)11(2)15(12,3)4/h10-13H,6-9,16H2,1-5H3,(H,17,18). The van der Waals surface area contributed by atoms with Gasteiger partial charge in [-0.25, -0.2) is 0 Å². The van der Waals surface area contributed by atoms with Gasteiger partial charge in [0, 0.05) is 40.8 Å². The summed E-state index contributed by atoms with van der Waals surface area (Å²) in [6.45, 7) is 8.42. The Kier molecular flexibility index (Phi) is 6.20. The van der Waals surface area contributed by atoms with Crippen LogP contribution in [0.4, 0.5) is 0 Å². The lowest BCUT2D eigenvalue weighted by molar-refractivity contribution is -0.133. The SMILES string of the molecule is CC(CCS(C)=O)NC(=O)C1CCC(N)C(C)C1(C)C. The highest BCUT2D eigenvalue weighted by molar-refractivity contribution is 7.84. The average Bonchev–Trinajstić information content (AvgIpc) is 2.33. The summed E-state index contributed by atoms with van der Waals surface area (Å²) in [7, 11) is -0.799. The Hall–Kier alpha value is -0.420. The summed E-state index contributed by atoms with van der Waals surface area (Å²) >= 11 is 0. The normalized spacial score (nSPS) is 32.4. The maximum atomic E-state index is 12.5. The number of hydrogen-bond donors (Lipinski definition) is 2. The van der Waals surface area contributed by atoms with Gasteiger partial charge in [-0.05, 0) is 37.5 Å². The van der Waals surface area contributed by atoms with Crippen molar-refractivity contribution in [2.24, 2.45) is 23.0 Å². The van der Waals surface area contributed by atoms with E-state index in [4.69, 9.17) is 5.73 Å². The Labute approximate surface area is 125 Å². The highest BCUT2D eigenvalue weighted by Gasteiger charge is 2.45. The van der Waals surface area contributed by atoms with Crippen LogP contribution in [0, 0.1) is 17.3 Å². The number of amides is 1. The minimum Gasteiger partial charge on any atom is -0.353 e. The fourth-order valence-electron chi connectivity index (χ4n) is 3.08. The van der Waals surface area contributed by atoms with Crippen molar-refractivity contribution < 1.29 is 9.00 Å². The van der Waals surface area contributed by atoms with Gasteiger partial charge in [0.05, 0.1) is 0 Å². The van der Waals surface area contributed by atoms with Crippen LogP contribution in [0.5, 0.6) is 0 Å². The van der Waals surface area contributed by atoms with Gasteiger partial charge in [0.1, 0.15) is 0 Å². The summed E-state index contributed by atoms with van der Waals surface area (Å²) in [5.74, 6) is 1.12. The molecule has 118 valence electrons. The Morgan fingerprint density at radius 3 is 2.60 bits per heavy atom. The fourth-order valence-corrected chi connectivity index (χ4v) is 3.76. The van der Waals surface area contributed by atoms with Crippen LogP contribution in [0.3, 0.4) is 0 Å². The smallest absolute Gasteiger partial charge is 0.223 e. The molecule has 5 unspecified atom stereocenters. The lowest BCUT2D eigenvalue weighted by Crippen LogP contribution is -2.52. The summed E-state index contributed by atoms with van der Waals surface area (Å²) in [5.41, 5.74) is 6.06. The van der Waals surface area contributed by atoms with E-state index in [0.717, 1.165) is 19.3 Å². The van der Waals surface area contributed by atoms with Crippen LogP contribution in [-0.4, -0.2) is 34.2 Å². The summed E-state index contributed by atoms with van der Waals surface area (Å²) < 4.78 is 11.1. The minimum absolute atomic E-state index is 0.0203. The third-order valence-corrected chi connectivity index (χ3v) is 5.86. The maximum Gasteiger partial charge on any atom is 0.223 e. The molecule has 0 saturated heterocycles. The van der Waals surface area contributed by atoms with Crippen LogP contribution < -0.4 is 11.1 Å². The number of hydrogen-bond acceptors (Lipinski definition) is 3. The number of rotatable bonds is 5. The van der Waals surface area contributed by atoms with Crippen molar-refractivity contribution in [2.75, 3.05) is 12.0 Å². The first-order valence-electron chi connectivity index (χ1n) is 7.52. The molecule has 0 bridgehead atoms. The van der Waals surface area contributed by atoms with E-state index in [1.54, 1.807) is 6.26 Å². The molecule has 1 amide bonds. The minimum atomic E-state index is -0.799. The van der Waals surface area contributed by atoms with Crippen LogP contribution in [0.25, 0.3) is 0 Å². The molecule has 1 aliphatic rings. The van der Waals surface area contributed by atoms with Crippen molar-refractivity contribution in [1.29, 1.82) is 0 Å². The first-order chi connectivity index (χ1) is 9.16. The highest BCUT2D eigenvalue weighted by atomic mass is 32.2. The Morgan fingerprint density at radius 1 is 1.45 bits per heavy atom. The van der Waals surface area contributed by atoms with Gasteiger partial charge >= 0.3 is 0 Å². The van der Waals surface area contributed by atoms with E-state index in [1.807, 2.05) is 6.92 Å². The summed E-state index contributed by atoms with van der Waals surface area (Å²) in [6.07, 6.45) is 4.23. The van der Waals surface area contributed by atoms with E-state index in [9.17, 15) is 9.00 Å². The largest absolute Gasteiger partial charge is 0.353 e. The Morgan fingerprint density at radius 2 is 2.05 bits per heavy atom. The van der Waals surface area contributed by atoms with Crippen LogP contribution in [0.15, 0.2) is 0 Å². The molecule has 0 aliphatic heterocycles. The van der Waals surface area contributed by atoms with E-state index in [0.29, 0.717) is 11.7 Å². The third kappa shape index (κ3) is 4.29. The molecule has 0 aromatic carbocycles. The van der Waals surface area contributed by atoms with E-state index in [2.05, 4.69) is 26.1 Å². The summed E-state index contributed by atoms with van der Waals surface area (Å²) in [4.78, 5) is 12.5. The zero-order valence-electron chi connectivity index (χ0n) is 13.4. The second-order valence-electron chi connectivity index (χ2n) is 6.88. The lowest BCUT2D eigenvalue weighted by atomic mass is 9.61. The Bertz CT molecular complexity index is 371. The van der Waals surface area contributed by atoms with Crippen molar-refractivity contribution in [1.82, 2.24) is 5.32 Å². The van der Waals surface area contributed by atoms with Crippen LogP contribution in [0.1, 0.15) is 47.0 Å². The van der Waals surface area contributed by atoms with Gasteiger partial charge in [-0.3, -0.25) is 9.00 Å². The number of carbonyl (C=O) groups is 1. The molecule has 5 atom stereocenters. The molecule has 1 fully saturated rings. The second-order valence-corrected chi connectivity index (χ2v) is 8.43. The van der Waals surface area contributed by atoms with Crippen molar-refractivity contribution in [3.8, 4) is 0 Å². The fraction of sp³-hybridized carbons (Fsp3) is 0.933. The molecule has 0 heterocycles. The van der Waals surface area contributed by atoms with Gasteiger partial charge in [-0.1, -0.05) is 20.8 Å². The molecular weight excluding hydrogens is 272 g/mol. The molecule has 0 radical (unpaired) electrons. The molecule has 1 saturated carbocycles. The third-order valence-electron chi connectivity index (χ3n) is 5.05. The van der Waals surface area contributed by atoms with Gasteiger partial charge < -0.3 is 11.1 Å². The molecule has 20 heavy (non-hydrogen) atoms. The molecule has 1 aliphatic carbocycles.